The average Bonchev–Trinajstić information content (AvgIpc) is 2.78. The number of fused-ring (bicyclic) bond motifs is 1. The molecule has 31 heavy (non-hydrogen) atoms. The molecule has 0 saturated heterocycles. The lowest BCUT2D eigenvalue weighted by Crippen LogP contribution is -2.53. The second kappa shape index (κ2) is 10.3. The minimum atomic E-state index is -0.932. The molecule has 0 radical (unpaired) electrons. The van der Waals surface area contributed by atoms with Crippen LogP contribution < -0.4 is 10.6 Å². The molecule has 3 aromatic rings. The molecule has 0 aliphatic carbocycles. The number of benzene rings is 2. The molecule has 0 unspecified atom stereocenters. The van der Waals surface area contributed by atoms with Crippen LogP contribution in [0.15, 0.2) is 66.7 Å². The highest BCUT2D eigenvalue weighted by atomic mass is 16.5. The Morgan fingerprint density at radius 3 is 2.29 bits per heavy atom. The Morgan fingerprint density at radius 2 is 1.58 bits per heavy atom. The molecular weight excluding hydrogens is 394 g/mol. The summed E-state index contributed by atoms with van der Waals surface area (Å²) in [7, 11) is 1.27. The van der Waals surface area contributed by atoms with Gasteiger partial charge in [-0.1, -0.05) is 54.6 Å². The Hall–Kier alpha value is -3.74. The summed E-state index contributed by atoms with van der Waals surface area (Å²) in [4.78, 5) is 41.5. The van der Waals surface area contributed by atoms with Gasteiger partial charge in [-0.2, -0.15) is 0 Å². The molecule has 0 aliphatic heterocycles. The van der Waals surface area contributed by atoms with Crippen molar-refractivity contribution in [2.24, 2.45) is 0 Å². The zero-order valence-corrected chi connectivity index (χ0v) is 17.5. The van der Waals surface area contributed by atoms with E-state index in [9.17, 15) is 14.4 Å². The van der Waals surface area contributed by atoms with E-state index < -0.39 is 24.0 Å². The first-order chi connectivity index (χ1) is 15.0. The predicted molar refractivity (Wildman–Crippen MR) is 117 cm³/mol. The zero-order chi connectivity index (χ0) is 22.2. The molecule has 7 heteroatoms. The van der Waals surface area contributed by atoms with E-state index in [1.807, 2.05) is 66.7 Å². The molecule has 0 aliphatic rings. The van der Waals surface area contributed by atoms with Crippen LogP contribution >= 0.6 is 0 Å². The monoisotopic (exact) mass is 419 g/mol. The lowest BCUT2D eigenvalue weighted by atomic mass is 10.0. The van der Waals surface area contributed by atoms with E-state index in [4.69, 9.17) is 4.74 Å². The molecule has 3 rings (SSSR count). The number of pyridine rings is 1. The normalized spacial score (nSPS) is 12.6. The number of aromatic nitrogens is 1. The van der Waals surface area contributed by atoms with Crippen molar-refractivity contribution < 1.29 is 19.1 Å². The molecule has 0 fully saturated rings. The number of hydrogen-bond donors (Lipinski definition) is 2. The summed E-state index contributed by atoms with van der Waals surface area (Å²) < 4.78 is 4.88. The van der Waals surface area contributed by atoms with Crippen molar-refractivity contribution in [3.05, 3.63) is 78.0 Å². The molecule has 0 spiro atoms. The minimum absolute atomic E-state index is 0.168. The smallest absolute Gasteiger partial charge is 0.328 e. The number of ether oxygens (including phenoxy) is 1. The van der Waals surface area contributed by atoms with Gasteiger partial charge in [-0.25, -0.2) is 4.79 Å². The highest BCUT2D eigenvalue weighted by molar-refractivity contribution is 5.90. The van der Waals surface area contributed by atoms with Gasteiger partial charge in [0.15, 0.2) is 0 Å². The van der Waals surface area contributed by atoms with Crippen LogP contribution in [0.1, 0.15) is 18.2 Å². The van der Waals surface area contributed by atoms with E-state index in [-0.39, 0.29) is 12.3 Å². The van der Waals surface area contributed by atoms with Gasteiger partial charge in [-0.3, -0.25) is 14.6 Å². The number of nitrogens with zero attached hydrogens (tertiary/aromatic N) is 1. The predicted octanol–water partition coefficient (Wildman–Crippen LogP) is 2.18. The Morgan fingerprint density at radius 1 is 0.871 bits per heavy atom. The second-order valence-corrected chi connectivity index (χ2v) is 7.23. The Labute approximate surface area is 180 Å². The van der Waals surface area contributed by atoms with Crippen molar-refractivity contribution in [1.29, 1.82) is 0 Å². The largest absolute Gasteiger partial charge is 0.467 e. The lowest BCUT2D eigenvalue weighted by Gasteiger charge is -2.22. The Balaban J connectivity index is 1.77. The van der Waals surface area contributed by atoms with Crippen LogP contribution in [0.25, 0.3) is 10.9 Å². The lowest BCUT2D eigenvalue weighted by molar-refractivity contribution is -0.145. The van der Waals surface area contributed by atoms with Gasteiger partial charge in [0, 0.05) is 30.8 Å². The van der Waals surface area contributed by atoms with E-state index in [1.54, 1.807) is 0 Å². The van der Waals surface area contributed by atoms with Crippen LogP contribution in [0.4, 0.5) is 0 Å². The SMILES string of the molecule is COC(=O)[C@@H](Cc1ccc2ccccc2n1)NC(=O)[C@H](Cc1ccccc1)NC(C)=O. The van der Waals surface area contributed by atoms with Crippen molar-refractivity contribution >= 4 is 28.7 Å². The maximum atomic E-state index is 13.0. The quantitative estimate of drug-likeness (QED) is 0.546. The van der Waals surface area contributed by atoms with Crippen LogP contribution in [0, 0.1) is 0 Å². The fourth-order valence-electron chi connectivity index (χ4n) is 3.34. The number of carbonyl (C=O) groups is 3. The standard InChI is InChI=1S/C24H25N3O4/c1-16(28)25-21(14-17-8-4-3-5-9-17)23(29)27-22(24(30)31-2)15-19-13-12-18-10-6-7-11-20(18)26-19/h3-13,21-22H,14-15H2,1-2H3,(H,25,28)(H,27,29)/t21-,22+/m0/s1. The van der Waals surface area contributed by atoms with Crippen LogP contribution in [-0.4, -0.2) is 42.0 Å². The third kappa shape index (κ3) is 6.12. The van der Waals surface area contributed by atoms with Crippen molar-refractivity contribution in [3.8, 4) is 0 Å². The van der Waals surface area contributed by atoms with Gasteiger partial charge < -0.3 is 15.4 Å². The highest BCUT2D eigenvalue weighted by Crippen LogP contribution is 2.13. The summed E-state index contributed by atoms with van der Waals surface area (Å²) in [5.74, 6) is -1.37. The fraction of sp³-hybridized carbons (Fsp3) is 0.250. The van der Waals surface area contributed by atoms with E-state index in [0.717, 1.165) is 16.5 Å². The third-order valence-corrected chi connectivity index (χ3v) is 4.85. The summed E-state index contributed by atoms with van der Waals surface area (Å²) >= 11 is 0. The van der Waals surface area contributed by atoms with Crippen LogP contribution in [0.5, 0.6) is 0 Å². The average molecular weight is 419 g/mol. The molecule has 0 bridgehead atoms. The summed E-state index contributed by atoms with van der Waals surface area (Å²) in [6, 6.07) is 19.0. The molecule has 2 aromatic carbocycles. The first-order valence-corrected chi connectivity index (χ1v) is 10.00. The fourth-order valence-corrected chi connectivity index (χ4v) is 3.34. The number of methoxy groups -OCH3 is 1. The maximum Gasteiger partial charge on any atom is 0.328 e. The first kappa shape index (κ1) is 22.0. The molecular formula is C24H25N3O4. The number of esters is 1. The number of rotatable bonds is 8. The van der Waals surface area contributed by atoms with Gasteiger partial charge in [0.2, 0.25) is 11.8 Å². The number of nitrogens with one attached hydrogen (secondary N) is 2. The molecule has 7 nitrogen and oxygen atoms in total. The van der Waals surface area contributed by atoms with Crippen molar-refractivity contribution in [2.45, 2.75) is 31.8 Å². The van der Waals surface area contributed by atoms with Gasteiger partial charge in [0.05, 0.1) is 12.6 Å². The second-order valence-electron chi connectivity index (χ2n) is 7.23. The van der Waals surface area contributed by atoms with E-state index in [1.165, 1.54) is 14.0 Å². The van der Waals surface area contributed by atoms with Crippen molar-refractivity contribution in [2.75, 3.05) is 7.11 Å². The minimum Gasteiger partial charge on any atom is -0.467 e. The number of para-hydroxylation sites is 1. The number of amides is 2. The van der Waals surface area contributed by atoms with E-state index in [0.29, 0.717) is 12.1 Å². The van der Waals surface area contributed by atoms with Gasteiger partial charge in [-0.15, -0.1) is 0 Å². The van der Waals surface area contributed by atoms with Crippen LogP contribution in [0.2, 0.25) is 0 Å². The van der Waals surface area contributed by atoms with Crippen molar-refractivity contribution in [1.82, 2.24) is 15.6 Å². The summed E-state index contributed by atoms with van der Waals surface area (Å²) in [6.45, 7) is 1.35. The summed E-state index contributed by atoms with van der Waals surface area (Å²) in [5, 5.41) is 6.37. The molecule has 2 N–H and O–H groups in total. The Bertz CT molecular complexity index is 1070. The third-order valence-electron chi connectivity index (χ3n) is 4.85. The van der Waals surface area contributed by atoms with Crippen LogP contribution in [0.3, 0.4) is 0 Å². The zero-order valence-electron chi connectivity index (χ0n) is 17.5. The topological polar surface area (TPSA) is 97.4 Å². The maximum absolute atomic E-state index is 13.0. The number of carbonyl (C=O) groups excluding carboxylic acids is 3. The Kier molecular flexibility index (Phi) is 7.32. The first-order valence-electron chi connectivity index (χ1n) is 10.00. The van der Waals surface area contributed by atoms with Gasteiger partial charge in [0.1, 0.15) is 12.1 Å². The van der Waals surface area contributed by atoms with Crippen molar-refractivity contribution in [3.63, 3.8) is 0 Å². The highest BCUT2D eigenvalue weighted by Gasteiger charge is 2.27. The number of hydrogen-bond acceptors (Lipinski definition) is 5. The van der Waals surface area contributed by atoms with Gasteiger partial charge in [0.25, 0.3) is 0 Å². The van der Waals surface area contributed by atoms with Gasteiger partial charge in [-0.05, 0) is 17.7 Å². The summed E-state index contributed by atoms with van der Waals surface area (Å²) in [5.41, 5.74) is 2.34. The molecule has 160 valence electrons. The molecule has 1 heterocycles. The van der Waals surface area contributed by atoms with E-state index in [2.05, 4.69) is 15.6 Å². The van der Waals surface area contributed by atoms with E-state index >= 15 is 0 Å². The molecule has 2 amide bonds. The molecule has 0 saturated carbocycles. The molecule has 1 aromatic heterocycles. The summed E-state index contributed by atoms with van der Waals surface area (Å²) in [6.07, 6.45) is 0.468. The van der Waals surface area contributed by atoms with Crippen LogP contribution in [-0.2, 0) is 32.0 Å². The van der Waals surface area contributed by atoms with Gasteiger partial charge >= 0.3 is 5.97 Å². The molecule has 2 atom stereocenters.